The van der Waals surface area contributed by atoms with Gasteiger partial charge in [0.25, 0.3) is 5.91 Å². The largest absolute Gasteiger partial charge is 0.497 e. The van der Waals surface area contributed by atoms with E-state index in [4.69, 9.17) is 10.5 Å². The Bertz CT molecular complexity index is 634. The third-order valence-corrected chi connectivity index (χ3v) is 4.02. The molecular formula is C14H16N2O2S. The van der Waals surface area contributed by atoms with Crippen LogP contribution in [0.15, 0.2) is 30.9 Å². The van der Waals surface area contributed by atoms with E-state index in [0.29, 0.717) is 10.6 Å². The quantitative estimate of drug-likeness (QED) is 0.844. The lowest BCUT2D eigenvalue weighted by atomic mass is 10.2. The van der Waals surface area contributed by atoms with Crippen molar-refractivity contribution in [1.29, 1.82) is 0 Å². The second-order valence-electron chi connectivity index (χ2n) is 4.20. The SMILES string of the molecule is C=CC(C)NC(=O)c1sc2cc(OC)ccc2c1N. The number of thiophene rings is 1. The van der Waals surface area contributed by atoms with E-state index >= 15 is 0 Å². The van der Waals surface area contributed by atoms with Gasteiger partial charge in [-0.2, -0.15) is 0 Å². The molecule has 1 aromatic carbocycles. The molecule has 1 heterocycles. The Kier molecular flexibility index (Phi) is 3.76. The normalized spacial score (nSPS) is 12.1. The Balaban J connectivity index is 2.41. The molecule has 0 fully saturated rings. The number of ether oxygens (including phenoxy) is 1. The van der Waals surface area contributed by atoms with Crippen molar-refractivity contribution in [2.24, 2.45) is 0 Å². The highest BCUT2D eigenvalue weighted by atomic mass is 32.1. The van der Waals surface area contributed by atoms with Crippen LogP contribution in [0.1, 0.15) is 16.6 Å². The van der Waals surface area contributed by atoms with Gasteiger partial charge in [-0.3, -0.25) is 4.79 Å². The van der Waals surface area contributed by atoms with Gasteiger partial charge in [-0.15, -0.1) is 17.9 Å². The van der Waals surface area contributed by atoms with Crippen LogP contribution in [0, 0.1) is 0 Å². The number of rotatable bonds is 4. The van der Waals surface area contributed by atoms with Gasteiger partial charge in [0.05, 0.1) is 12.8 Å². The number of nitrogen functional groups attached to an aromatic ring is 1. The molecule has 0 radical (unpaired) electrons. The topological polar surface area (TPSA) is 64.3 Å². The molecule has 19 heavy (non-hydrogen) atoms. The first-order valence-electron chi connectivity index (χ1n) is 5.86. The second-order valence-corrected chi connectivity index (χ2v) is 5.26. The summed E-state index contributed by atoms with van der Waals surface area (Å²) in [7, 11) is 1.61. The molecule has 1 atom stereocenters. The van der Waals surface area contributed by atoms with Crippen LogP contribution in [0.4, 0.5) is 5.69 Å². The molecule has 1 aromatic heterocycles. The van der Waals surface area contributed by atoms with E-state index < -0.39 is 0 Å². The predicted molar refractivity (Wildman–Crippen MR) is 79.9 cm³/mol. The Morgan fingerprint density at radius 2 is 2.32 bits per heavy atom. The van der Waals surface area contributed by atoms with Crippen molar-refractivity contribution in [2.75, 3.05) is 12.8 Å². The summed E-state index contributed by atoms with van der Waals surface area (Å²) in [4.78, 5) is 12.6. The first-order valence-corrected chi connectivity index (χ1v) is 6.68. The van der Waals surface area contributed by atoms with Crippen LogP contribution in [0.3, 0.4) is 0 Å². The van der Waals surface area contributed by atoms with Gasteiger partial charge in [0.15, 0.2) is 0 Å². The summed E-state index contributed by atoms with van der Waals surface area (Å²) < 4.78 is 6.10. The lowest BCUT2D eigenvalue weighted by Crippen LogP contribution is -2.30. The number of methoxy groups -OCH3 is 1. The van der Waals surface area contributed by atoms with Crippen LogP contribution < -0.4 is 15.8 Å². The first-order chi connectivity index (χ1) is 9.06. The summed E-state index contributed by atoms with van der Waals surface area (Å²) >= 11 is 1.36. The van der Waals surface area contributed by atoms with E-state index in [1.165, 1.54) is 11.3 Å². The van der Waals surface area contributed by atoms with Crippen LogP contribution >= 0.6 is 11.3 Å². The highest BCUT2D eigenvalue weighted by Crippen LogP contribution is 2.35. The molecule has 100 valence electrons. The summed E-state index contributed by atoms with van der Waals surface area (Å²) in [5, 5.41) is 3.70. The van der Waals surface area contributed by atoms with Gasteiger partial charge in [0.1, 0.15) is 10.6 Å². The highest BCUT2D eigenvalue weighted by Gasteiger charge is 2.17. The van der Waals surface area contributed by atoms with Crippen LogP contribution in [0.2, 0.25) is 0 Å². The summed E-state index contributed by atoms with van der Waals surface area (Å²) in [5.74, 6) is 0.574. The third kappa shape index (κ3) is 2.56. The van der Waals surface area contributed by atoms with Gasteiger partial charge in [0, 0.05) is 16.1 Å². The van der Waals surface area contributed by atoms with Crippen LogP contribution in [-0.4, -0.2) is 19.1 Å². The number of nitrogens with one attached hydrogen (secondary N) is 1. The number of hydrogen-bond acceptors (Lipinski definition) is 4. The minimum absolute atomic E-state index is 0.0911. The Hall–Kier alpha value is -2.01. The molecule has 2 aromatic rings. The van der Waals surface area contributed by atoms with Crippen molar-refractivity contribution in [1.82, 2.24) is 5.32 Å². The van der Waals surface area contributed by atoms with Crippen LogP contribution in [0.5, 0.6) is 5.75 Å². The maximum absolute atomic E-state index is 12.1. The molecule has 0 bridgehead atoms. The first kappa shape index (κ1) is 13.4. The molecule has 0 aliphatic heterocycles. The smallest absolute Gasteiger partial charge is 0.263 e. The van der Waals surface area contributed by atoms with Crippen molar-refractivity contribution in [3.8, 4) is 5.75 Å². The van der Waals surface area contributed by atoms with Crippen molar-refractivity contribution in [3.63, 3.8) is 0 Å². The number of carbonyl (C=O) groups excluding carboxylic acids is 1. The maximum atomic E-state index is 12.1. The molecule has 4 nitrogen and oxygen atoms in total. The van der Waals surface area contributed by atoms with E-state index in [9.17, 15) is 4.79 Å². The van der Waals surface area contributed by atoms with Crippen LogP contribution in [0.25, 0.3) is 10.1 Å². The number of anilines is 1. The predicted octanol–water partition coefficient (Wildman–Crippen LogP) is 2.80. The Morgan fingerprint density at radius 3 is 2.95 bits per heavy atom. The van der Waals surface area contributed by atoms with E-state index in [-0.39, 0.29) is 11.9 Å². The van der Waals surface area contributed by atoms with Gasteiger partial charge < -0.3 is 15.8 Å². The zero-order valence-electron chi connectivity index (χ0n) is 10.9. The van der Waals surface area contributed by atoms with Crippen molar-refractivity contribution in [3.05, 3.63) is 35.7 Å². The Morgan fingerprint density at radius 1 is 1.58 bits per heavy atom. The summed E-state index contributed by atoms with van der Waals surface area (Å²) in [5.41, 5.74) is 6.54. The molecule has 0 saturated heterocycles. The molecule has 3 N–H and O–H groups in total. The zero-order valence-corrected chi connectivity index (χ0v) is 11.7. The molecular weight excluding hydrogens is 260 g/mol. The standard InChI is InChI=1S/C14H16N2O2S/c1-4-8(2)16-14(17)13-12(15)10-6-5-9(18-3)7-11(10)19-13/h4-8H,1,15H2,2-3H3,(H,16,17). The monoisotopic (exact) mass is 276 g/mol. The molecule has 0 aliphatic rings. The molecule has 0 saturated carbocycles. The number of fused-ring (bicyclic) bond motifs is 1. The fourth-order valence-electron chi connectivity index (χ4n) is 1.72. The highest BCUT2D eigenvalue weighted by molar-refractivity contribution is 7.21. The summed E-state index contributed by atoms with van der Waals surface area (Å²) in [6.07, 6.45) is 1.67. The van der Waals surface area contributed by atoms with Gasteiger partial charge in [-0.25, -0.2) is 0 Å². The van der Waals surface area contributed by atoms with Crippen molar-refractivity contribution in [2.45, 2.75) is 13.0 Å². The number of amides is 1. The number of hydrogen-bond donors (Lipinski definition) is 2. The van der Waals surface area contributed by atoms with Gasteiger partial charge >= 0.3 is 0 Å². The lowest BCUT2D eigenvalue weighted by molar-refractivity contribution is 0.0952. The Labute approximate surface area is 115 Å². The fourth-order valence-corrected chi connectivity index (χ4v) is 2.78. The van der Waals surface area contributed by atoms with Gasteiger partial charge in [0.2, 0.25) is 0 Å². The van der Waals surface area contributed by atoms with Gasteiger partial charge in [-0.05, 0) is 25.1 Å². The summed E-state index contributed by atoms with van der Waals surface area (Å²) in [6.45, 7) is 5.49. The number of carbonyl (C=O) groups is 1. The molecule has 0 spiro atoms. The molecule has 0 aliphatic carbocycles. The zero-order chi connectivity index (χ0) is 14.0. The average molecular weight is 276 g/mol. The van der Waals surface area contributed by atoms with E-state index in [2.05, 4.69) is 11.9 Å². The van der Waals surface area contributed by atoms with E-state index in [1.54, 1.807) is 13.2 Å². The molecule has 1 unspecified atom stereocenters. The van der Waals surface area contributed by atoms with Crippen molar-refractivity contribution < 1.29 is 9.53 Å². The molecule has 1 amide bonds. The van der Waals surface area contributed by atoms with Crippen molar-refractivity contribution >= 4 is 33.0 Å². The summed E-state index contributed by atoms with van der Waals surface area (Å²) in [6, 6.07) is 5.49. The average Bonchev–Trinajstić information content (AvgIpc) is 2.75. The number of benzene rings is 1. The van der Waals surface area contributed by atoms with E-state index in [1.807, 2.05) is 25.1 Å². The molecule has 5 heteroatoms. The fraction of sp³-hybridized carbons (Fsp3) is 0.214. The lowest BCUT2D eigenvalue weighted by Gasteiger charge is -2.07. The van der Waals surface area contributed by atoms with Gasteiger partial charge in [-0.1, -0.05) is 6.08 Å². The molecule has 2 rings (SSSR count). The number of nitrogens with two attached hydrogens (primary N) is 1. The van der Waals surface area contributed by atoms with E-state index in [0.717, 1.165) is 15.8 Å². The third-order valence-electron chi connectivity index (χ3n) is 2.85. The second kappa shape index (κ2) is 5.32. The minimum atomic E-state index is -0.176. The maximum Gasteiger partial charge on any atom is 0.263 e. The van der Waals surface area contributed by atoms with Crippen LogP contribution in [-0.2, 0) is 0 Å². The minimum Gasteiger partial charge on any atom is -0.497 e.